The fraction of sp³-hybridized carbons (Fsp3) is 0.146. The number of anilines is 3. The smallest absolute Gasteiger partial charge is 0.347 e. The Labute approximate surface area is 295 Å². The third kappa shape index (κ3) is 5.66. The van der Waals surface area contributed by atoms with E-state index in [9.17, 15) is 0 Å². The van der Waals surface area contributed by atoms with E-state index in [0.717, 1.165) is 49.9 Å². The minimum atomic E-state index is 0. The molecule has 0 radical (unpaired) electrons. The van der Waals surface area contributed by atoms with E-state index in [1.165, 1.54) is 27.9 Å². The Morgan fingerprint density at radius 3 is 2.30 bits per heavy atom. The van der Waals surface area contributed by atoms with E-state index in [4.69, 9.17) is 4.98 Å². The van der Waals surface area contributed by atoms with Crippen molar-refractivity contribution in [3.63, 3.8) is 0 Å². The van der Waals surface area contributed by atoms with Crippen molar-refractivity contribution in [1.82, 2.24) is 9.55 Å². The Balaban J connectivity index is 0.00000351. The molecule has 6 heteroatoms. The summed E-state index contributed by atoms with van der Waals surface area (Å²) in [6.07, 6.45) is 1.91. The summed E-state index contributed by atoms with van der Waals surface area (Å²) in [5.74, 6) is 0.884. The van der Waals surface area contributed by atoms with E-state index in [-0.39, 0.29) is 26.6 Å². The second-order valence-corrected chi connectivity index (χ2v) is 13.9. The predicted octanol–water partition coefficient (Wildman–Crippen LogP) is 10.6. The molecule has 0 saturated carbocycles. The molecule has 47 heavy (non-hydrogen) atoms. The van der Waals surface area contributed by atoms with E-state index in [1.807, 2.05) is 6.20 Å². The zero-order valence-corrected chi connectivity index (χ0v) is 29.9. The molecule has 1 aliphatic rings. The molecular weight excluding hydrogens is 776 g/mol. The quantitative estimate of drug-likeness (QED) is 0.162. The predicted molar refractivity (Wildman–Crippen MR) is 193 cm³/mol. The second-order valence-electron chi connectivity index (χ2n) is 12.8. The van der Waals surface area contributed by atoms with E-state index < -0.39 is 0 Å². The fourth-order valence-corrected chi connectivity index (χ4v) is 7.37. The number of aromatic nitrogens is 2. The van der Waals surface area contributed by atoms with Crippen LogP contribution >= 0.6 is 11.8 Å². The summed E-state index contributed by atoms with van der Waals surface area (Å²) in [7, 11) is 0. The topological polar surface area (TPSA) is 24.3 Å². The summed E-state index contributed by atoms with van der Waals surface area (Å²) in [6.45, 7) is 9.75. The maximum atomic E-state index is 4.87. The van der Waals surface area contributed by atoms with Gasteiger partial charge in [-0.3, -0.25) is 0 Å². The van der Waals surface area contributed by atoms with Crippen molar-refractivity contribution in [3.05, 3.63) is 139 Å². The monoisotopic (exact) mass is 809 g/mol. The van der Waals surface area contributed by atoms with E-state index in [2.05, 4.69) is 169 Å². The Morgan fingerprint density at radius 1 is 0.723 bits per heavy atom. The molecule has 8 rings (SSSR count). The fourth-order valence-electron chi connectivity index (χ4n) is 6.54. The second kappa shape index (κ2) is 12.4. The molecule has 3 heterocycles. The molecule has 1 aliphatic heterocycles. The van der Waals surface area contributed by atoms with Crippen LogP contribution < -0.4 is 9.80 Å². The van der Waals surface area contributed by atoms with Gasteiger partial charge in [-0.25, -0.2) is 4.98 Å². The number of aryl methyl sites for hydroxylation is 1. The number of fused-ring (bicyclic) bond motifs is 4. The molecule has 7 aromatic rings. The number of benzene rings is 5. The molecule has 0 bridgehead atoms. The van der Waals surface area contributed by atoms with Gasteiger partial charge in [0, 0.05) is 17.3 Å². The van der Waals surface area contributed by atoms with Crippen LogP contribution in [0.15, 0.2) is 131 Å². The van der Waals surface area contributed by atoms with Crippen LogP contribution in [-0.2, 0) is 21.1 Å². The minimum Gasteiger partial charge on any atom is -0.347 e. The van der Waals surface area contributed by atoms with Gasteiger partial charge in [-0.1, -0.05) is 65.8 Å². The first-order chi connectivity index (χ1) is 22.3. The number of pyridine rings is 1. The molecule has 234 valence electrons. The third-order valence-corrected chi connectivity index (χ3v) is 9.72. The van der Waals surface area contributed by atoms with Crippen LogP contribution in [0.3, 0.4) is 0 Å². The number of rotatable bonds is 5. The maximum absolute atomic E-state index is 4.87. The van der Waals surface area contributed by atoms with Crippen LogP contribution in [-0.4, -0.2) is 21.8 Å². The van der Waals surface area contributed by atoms with Gasteiger partial charge in [-0.05, 0) is 80.1 Å². The van der Waals surface area contributed by atoms with Gasteiger partial charge in [-0.2, -0.15) is 24.3 Å². The number of para-hydroxylation sites is 3. The summed E-state index contributed by atoms with van der Waals surface area (Å²) in [5, 5.41) is 2.36. The van der Waals surface area contributed by atoms with Crippen molar-refractivity contribution < 1.29 is 21.1 Å². The Kier molecular flexibility index (Phi) is 8.24. The van der Waals surface area contributed by atoms with Crippen LogP contribution in [0.5, 0.6) is 0 Å². The third-order valence-electron chi connectivity index (χ3n) is 8.81. The molecule has 0 saturated heterocycles. The zero-order valence-electron chi connectivity index (χ0n) is 26.8. The molecule has 0 unspecified atom stereocenters. The van der Waals surface area contributed by atoms with Gasteiger partial charge in [0.2, 0.25) is 0 Å². The summed E-state index contributed by atoms with van der Waals surface area (Å²) in [5.41, 5.74) is 9.30. The minimum absolute atomic E-state index is 0. The van der Waals surface area contributed by atoms with Gasteiger partial charge in [0.05, 0.1) is 18.0 Å². The molecule has 5 aromatic carbocycles. The molecule has 0 spiro atoms. The van der Waals surface area contributed by atoms with Gasteiger partial charge >= 0.3 is 21.1 Å². The first-order valence-electron chi connectivity index (χ1n) is 15.7. The van der Waals surface area contributed by atoms with Crippen LogP contribution in [0.1, 0.15) is 26.3 Å². The average Bonchev–Trinajstić information content (AvgIpc) is 3.62. The first-order valence-corrected chi connectivity index (χ1v) is 16.5. The molecular formula is C41H34N4PtS. The molecule has 0 aliphatic carbocycles. The van der Waals surface area contributed by atoms with Gasteiger partial charge in [0.15, 0.2) is 0 Å². The maximum Gasteiger partial charge on any atom is 2.00 e. The van der Waals surface area contributed by atoms with Crippen LogP contribution in [0.2, 0.25) is 0 Å². The van der Waals surface area contributed by atoms with Gasteiger partial charge in [-0.15, -0.1) is 45.1 Å². The standard InChI is InChI=1S/C41H34N4S.Pt/c1-28-12-5-6-15-33(28)29-22-23-42-40(24-29)45-36-17-8-7-16-34(36)35-21-20-32(26-39(35)45)46-31-14-11-13-30(25-31)43-27-44(41(2,3)4)38-19-10-9-18-37(38)43;/h5-24H,27H2,1-4H3;/q-2;+2. The van der Waals surface area contributed by atoms with Gasteiger partial charge < -0.3 is 14.4 Å². The molecule has 4 nitrogen and oxygen atoms in total. The summed E-state index contributed by atoms with van der Waals surface area (Å²) in [6, 6.07) is 48.3. The average molecular weight is 810 g/mol. The van der Waals surface area contributed by atoms with Crippen molar-refractivity contribution in [2.24, 2.45) is 0 Å². The summed E-state index contributed by atoms with van der Waals surface area (Å²) in [4.78, 5) is 11.8. The van der Waals surface area contributed by atoms with Gasteiger partial charge in [0.25, 0.3) is 0 Å². The summed E-state index contributed by atoms with van der Waals surface area (Å²) >= 11 is 1.69. The van der Waals surface area contributed by atoms with Crippen molar-refractivity contribution in [1.29, 1.82) is 0 Å². The largest absolute Gasteiger partial charge is 2.00 e. The van der Waals surface area contributed by atoms with E-state index >= 15 is 0 Å². The summed E-state index contributed by atoms with van der Waals surface area (Å²) < 4.78 is 2.25. The molecule has 0 amide bonds. The van der Waals surface area contributed by atoms with Gasteiger partial charge in [0.1, 0.15) is 5.82 Å². The molecule has 0 atom stereocenters. The number of hydrogen-bond acceptors (Lipinski definition) is 4. The van der Waals surface area contributed by atoms with E-state index in [1.54, 1.807) is 11.8 Å². The van der Waals surface area contributed by atoms with Crippen molar-refractivity contribution in [2.75, 3.05) is 16.5 Å². The SMILES string of the molecule is Cc1ccccc1-c1ccnc(-n2c3[c-]c(Sc4[c-]c(N5CN(C(C)(C)C)c6ccccc65)ccc4)ccc3c3ccccc32)c1.[Pt+2]. The first kappa shape index (κ1) is 31.3. The molecule has 0 N–H and O–H groups in total. The Hall–Kier alpha value is -4.31. The van der Waals surface area contributed by atoms with Crippen molar-refractivity contribution >= 4 is 50.6 Å². The number of hydrogen-bond donors (Lipinski definition) is 0. The number of nitrogens with zero attached hydrogens (tertiary/aromatic N) is 4. The molecule has 2 aromatic heterocycles. The van der Waals surface area contributed by atoms with Crippen LogP contribution in [0, 0.1) is 19.1 Å². The van der Waals surface area contributed by atoms with Crippen molar-refractivity contribution in [2.45, 2.75) is 43.0 Å². The van der Waals surface area contributed by atoms with Crippen LogP contribution in [0.25, 0.3) is 38.8 Å². The van der Waals surface area contributed by atoms with Crippen molar-refractivity contribution in [3.8, 4) is 16.9 Å². The van der Waals surface area contributed by atoms with E-state index in [0.29, 0.717) is 0 Å². The van der Waals surface area contributed by atoms with Crippen LogP contribution in [0.4, 0.5) is 17.1 Å². The molecule has 0 fully saturated rings. The zero-order chi connectivity index (χ0) is 31.4. The Morgan fingerprint density at radius 2 is 1.47 bits per heavy atom. The normalized spacial score (nSPS) is 12.9. The Bertz CT molecular complexity index is 2250.